The van der Waals surface area contributed by atoms with E-state index in [9.17, 15) is 0 Å². The van der Waals surface area contributed by atoms with Gasteiger partial charge in [0.25, 0.3) is 0 Å². The maximum absolute atomic E-state index is 6.92. The number of benzene rings is 1. The normalized spacial score (nSPS) is 25.9. The summed E-state index contributed by atoms with van der Waals surface area (Å²) < 4.78 is 1.70. The molecule has 1 unspecified atom stereocenters. The Hall–Kier alpha value is 0.119. The fourth-order valence-corrected chi connectivity index (χ4v) is 3.08. The van der Waals surface area contributed by atoms with Gasteiger partial charge in [0.2, 0.25) is 0 Å². The molecule has 1 fully saturated rings. The molecule has 1 aliphatic rings. The summed E-state index contributed by atoms with van der Waals surface area (Å²) in [6, 6.07) is 10.0. The molecule has 1 atom stereocenters. The van der Waals surface area contributed by atoms with Crippen LogP contribution < -0.4 is 21.3 Å². The van der Waals surface area contributed by atoms with Crippen LogP contribution in [0.2, 0.25) is 0 Å². The van der Waals surface area contributed by atoms with Crippen LogP contribution in [0, 0.1) is 0 Å². The van der Waals surface area contributed by atoms with Gasteiger partial charge in [0, 0.05) is 58.9 Å². The molecule has 24 heavy (non-hydrogen) atoms. The summed E-state index contributed by atoms with van der Waals surface area (Å²) in [6.45, 7) is 7.62. The monoisotopic (exact) mass is 414 g/mol. The maximum atomic E-state index is 6.92. The zero-order valence-corrected chi connectivity index (χ0v) is 16.5. The standard InChI is InChI=1S/C16H27Cl2N5.Mn/c17-16(15-4-2-1-3-5-15)14-22-11-10-20-7-6-19-8-9-21-12-13-23(16)18;/h1-5,19-22H,6-14H2;/q;+2. The molecular formula is C16H27Cl2MnN5+2. The zero-order chi connectivity index (χ0) is 16.4. The van der Waals surface area contributed by atoms with Crippen LogP contribution in [0.15, 0.2) is 30.3 Å². The molecule has 0 aromatic heterocycles. The third-order valence-corrected chi connectivity index (χ3v) is 4.98. The van der Waals surface area contributed by atoms with E-state index in [0.717, 1.165) is 51.4 Å². The largest absolute Gasteiger partial charge is 2.00 e. The van der Waals surface area contributed by atoms with Crippen LogP contribution in [0.4, 0.5) is 0 Å². The van der Waals surface area contributed by atoms with E-state index >= 15 is 0 Å². The van der Waals surface area contributed by atoms with Crippen LogP contribution >= 0.6 is 23.4 Å². The van der Waals surface area contributed by atoms with Gasteiger partial charge in [0.05, 0.1) is 0 Å². The molecule has 2 rings (SSSR count). The van der Waals surface area contributed by atoms with Crippen LogP contribution in [-0.2, 0) is 22.1 Å². The van der Waals surface area contributed by atoms with Crippen molar-refractivity contribution in [2.75, 3.05) is 58.9 Å². The molecule has 1 aliphatic heterocycles. The molecule has 8 heteroatoms. The van der Waals surface area contributed by atoms with Gasteiger partial charge < -0.3 is 21.3 Å². The van der Waals surface area contributed by atoms with E-state index in [1.54, 1.807) is 4.42 Å². The summed E-state index contributed by atoms with van der Waals surface area (Å²) in [4.78, 5) is -0.761. The Morgan fingerprint density at radius 3 is 1.88 bits per heavy atom. The minimum Gasteiger partial charge on any atom is -0.314 e. The Bertz CT molecular complexity index is 440. The molecule has 0 saturated carbocycles. The van der Waals surface area contributed by atoms with Gasteiger partial charge in [-0.3, -0.25) is 0 Å². The first-order valence-corrected chi connectivity index (χ1v) is 8.96. The minimum atomic E-state index is -0.761. The van der Waals surface area contributed by atoms with E-state index < -0.39 is 5.00 Å². The Kier molecular flexibility index (Phi) is 11.5. The van der Waals surface area contributed by atoms with Gasteiger partial charge in [-0.05, 0) is 17.3 Å². The summed E-state index contributed by atoms with van der Waals surface area (Å²) in [6.07, 6.45) is 0. The second-order valence-corrected chi connectivity index (χ2v) is 6.67. The van der Waals surface area contributed by atoms with E-state index in [0.29, 0.717) is 13.1 Å². The molecule has 135 valence electrons. The number of nitrogens with one attached hydrogen (secondary N) is 4. The summed E-state index contributed by atoms with van der Waals surface area (Å²) in [5.41, 5.74) is 1.00. The van der Waals surface area contributed by atoms with Crippen molar-refractivity contribution in [3.8, 4) is 0 Å². The van der Waals surface area contributed by atoms with Gasteiger partial charge in [-0.2, -0.15) is 4.42 Å². The molecule has 1 radical (unpaired) electrons. The number of rotatable bonds is 1. The zero-order valence-electron chi connectivity index (χ0n) is 13.8. The topological polar surface area (TPSA) is 51.4 Å². The fraction of sp³-hybridized carbons (Fsp3) is 0.625. The number of halogens is 2. The molecular weight excluding hydrogens is 388 g/mol. The molecule has 0 bridgehead atoms. The van der Waals surface area contributed by atoms with Crippen LogP contribution in [0.3, 0.4) is 0 Å². The first-order chi connectivity index (χ1) is 11.2. The van der Waals surface area contributed by atoms with Crippen LogP contribution in [0.5, 0.6) is 0 Å². The van der Waals surface area contributed by atoms with E-state index in [1.807, 2.05) is 30.3 Å². The average Bonchev–Trinajstić information content (AvgIpc) is 2.59. The molecule has 0 amide bonds. The molecule has 1 heterocycles. The van der Waals surface area contributed by atoms with Crippen molar-refractivity contribution in [3.63, 3.8) is 0 Å². The summed E-state index contributed by atoms with van der Waals surface area (Å²) in [5, 5.41) is 13.6. The smallest absolute Gasteiger partial charge is 0.314 e. The first-order valence-electron chi connectivity index (χ1n) is 8.24. The third kappa shape index (κ3) is 7.16. The van der Waals surface area contributed by atoms with Crippen molar-refractivity contribution >= 4 is 23.4 Å². The van der Waals surface area contributed by atoms with Gasteiger partial charge in [-0.1, -0.05) is 41.9 Å². The maximum Gasteiger partial charge on any atom is 2.00 e. The third-order valence-electron chi connectivity index (χ3n) is 3.88. The van der Waals surface area contributed by atoms with Crippen molar-refractivity contribution in [1.82, 2.24) is 25.7 Å². The summed E-state index contributed by atoms with van der Waals surface area (Å²) >= 11 is 13.5. The molecule has 0 spiro atoms. The van der Waals surface area contributed by atoms with Gasteiger partial charge in [-0.25, -0.2) is 0 Å². The molecule has 0 aliphatic carbocycles. The van der Waals surface area contributed by atoms with E-state index in [-0.39, 0.29) is 17.1 Å². The van der Waals surface area contributed by atoms with E-state index in [1.165, 1.54) is 0 Å². The van der Waals surface area contributed by atoms with E-state index in [2.05, 4.69) is 21.3 Å². The summed E-state index contributed by atoms with van der Waals surface area (Å²) in [5.74, 6) is 0. The minimum absolute atomic E-state index is 0. The van der Waals surface area contributed by atoms with Crippen molar-refractivity contribution in [3.05, 3.63) is 35.9 Å². The summed E-state index contributed by atoms with van der Waals surface area (Å²) in [7, 11) is 0. The Morgan fingerprint density at radius 2 is 1.29 bits per heavy atom. The second kappa shape index (κ2) is 12.5. The Balaban J connectivity index is 0.00000288. The number of nitrogens with zero attached hydrogens (tertiary/aromatic N) is 1. The van der Waals surface area contributed by atoms with Crippen molar-refractivity contribution in [1.29, 1.82) is 0 Å². The molecule has 1 saturated heterocycles. The molecule has 5 nitrogen and oxygen atoms in total. The van der Waals surface area contributed by atoms with Gasteiger partial charge >= 0.3 is 17.1 Å². The molecule has 1 aromatic carbocycles. The SMILES string of the molecule is ClN1CCNCCNCCNCCNCC1(Cl)c1ccccc1.[Mn+2]. The average molecular weight is 415 g/mol. The van der Waals surface area contributed by atoms with Gasteiger partial charge in [-0.15, -0.1) is 0 Å². The van der Waals surface area contributed by atoms with Crippen LogP contribution in [0.25, 0.3) is 0 Å². The first kappa shape index (κ1) is 22.2. The van der Waals surface area contributed by atoms with Crippen LogP contribution in [0.1, 0.15) is 5.56 Å². The van der Waals surface area contributed by atoms with E-state index in [4.69, 9.17) is 23.4 Å². The number of alkyl halides is 1. The Morgan fingerprint density at radius 1 is 0.792 bits per heavy atom. The molecule has 1 aromatic rings. The second-order valence-electron chi connectivity index (χ2n) is 5.64. The Labute approximate surface area is 165 Å². The predicted octanol–water partition coefficient (Wildman–Crippen LogP) is 0.904. The van der Waals surface area contributed by atoms with Crippen molar-refractivity contribution in [2.24, 2.45) is 0 Å². The number of hydrogen-bond donors (Lipinski definition) is 4. The number of hydrogen-bond acceptors (Lipinski definition) is 5. The fourth-order valence-electron chi connectivity index (χ4n) is 2.54. The van der Waals surface area contributed by atoms with Crippen molar-refractivity contribution in [2.45, 2.75) is 5.00 Å². The van der Waals surface area contributed by atoms with Crippen molar-refractivity contribution < 1.29 is 17.1 Å². The van der Waals surface area contributed by atoms with Gasteiger partial charge in [0.1, 0.15) is 5.00 Å². The van der Waals surface area contributed by atoms with Crippen LogP contribution in [-0.4, -0.2) is 63.3 Å². The van der Waals surface area contributed by atoms with Gasteiger partial charge in [0.15, 0.2) is 0 Å². The molecule has 4 N–H and O–H groups in total. The quantitative estimate of drug-likeness (QED) is 0.238. The predicted molar refractivity (Wildman–Crippen MR) is 98.0 cm³/mol.